The minimum atomic E-state index is -2.36. The van der Waals surface area contributed by atoms with Gasteiger partial charge in [-0.25, -0.2) is 0 Å². The molecule has 1 aliphatic carbocycles. The molecular weight excluding hydrogens is 557 g/mol. The van der Waals surface area contributed by atoms with E-state index in [0.717, 1.165) is 5.56 Å². The molecule has 0 radical (unpaired) electrons. The van der Waals surface area contributed by atoms with Gasteiger partial charge in [-0.1, -0.05) is 0 Å². The Bertz CT molecular complexity index is 1080. The van der Waals surface area contributed by atoms with Gasteiger partial charge in [0.05, 0.1) is 0 Å². The Morgan fingerprint density at radius 1 is 0.765 bits per heavy atom. The van der Waals surface area contributed by atoms with Crippen molar-refractivity contribution in [1.29, 1.82) is 0 Å². The quantitative estimate of drug-likeness (QED) is 0.426. The number of hydrogen-bond donors (Lipinski definition) is 1. The van der Waals surface area contributed by atoms with Gasteiger partial charge in [-0.2, -0.15) is 0 Å². The third kappa shape index (κ3) is 5.46. The molecule has 3 aromatic carbocycles. The predicted molar refractivity (Wildman–Crippen MR) is 135 cm³/mol. The number of rotatable bonds is 6. The number of amides is 1. The van der Waals surface area contributed by atoms with Crippen LogP contribution in [0.15, 0.2) is 66.7 Å². The first-order chi connectivity index (χ1) is 15.3. The van der Waals surface area contributed by atoms with Crippen LogP contribution in [0.25, 0.3) is 11.1 Å². The summed E-state index contributed by atoms with van der Waals surface area (Å²) in [5, 5.41) is 0. The first-order valence-corrected chi connectivity index (χ1v) is 21.6. The monoisotopic (exact) mass is 588 g/mol. The van der Waals surface area contributed by atoms with Crippen molar-refractivity contribution in [2.45, 2.75) is 56.3 Å². The molecule has 0 atom stereocenters. The molecule has 179 valence electrons. The number of carbonyl (C=O) groups excluding carboxylic acids is 1. The van der Waals surface area contributed by atoms with E-state index in [0.29, 0.717) is 15.5 Å². The zero-order valence-corrected chi connectivity index (χ0v) is 25.9. The summed E-state index contributed by atoms with van der Waals surface area (Å²) in [5.74, 6) is -0.226. The molecule has 0 heterocycles. The fraction of sp³-hybridized carbons (Fsp3) is 0.321. The van der Waals surface area contributed by atoms with Gasteiger partial charge < -0.3 is 24.8 Å². The second-order valence-electron chi connectivity index (χ2n) is 9.79. The van der Waals surface area contributed by atoms with Crippen LogP contribution in [-0.2, 0) is 21.2 Å². The van der Waals surface area contributed by atoms with Crippen LogP contribution in [0, 0.1) is 0 Å². The SMILES string of the molecule is CC(C)c1cccc(C(C)C)c1C(=O)[NH][Zr+2]([CH]1c2ccccc2-c2ccccc21)[SiH](C)C.[Cl-].[Cl-]. The number of nitrogens with one attached hydrogen (secondary N) is 1. The summed E-state index contributed by atoms with van der Waals surface area (Å²) in [6.45, 7) is 13.6. The van der Waals surface area contributed by atoms with E-state index in [1.807, 2.05) is 0 Å². The van der Waals surface area contributed by atoms with Crippen LogP contribution in [0.5, 0.6) is 0 Å². The molecule has 0 aliphatic heterocycles. The molecule has 1 aliphatic rings. The topological polar surface area (TPSA) is 29.1 Å². The van der Waals surface area contributed by atoms with E-state index in [9.17, 15) is 4.79 Å². The van der Waals surface area contributed by atoms with Crippen molar-refractivity contribution < 1.29 is 50.8 Å². The summed E-state index contributed by atoms with van der Waals surface area (Å²) >= 11 is -2.36. The van der Waals surface area contributed by atoms with E-state index in [4.69, 9.17) is 0 Å². The average molecular weight is 591 g/mol. The van der Waals surface area contributed by atoms with Gasteiger partial charge in [-0.3, -0.25) is 0 Å². The van der Waals surface area contributed by atoms with Crippen molar-refractivity contribution in [3.63, 3.8) is 0 Å². The molecule has 4 rings (SSSR count). The van der Waals surface area contributed by atoms with Crippen LogP contribution in [0.4, 0.5) is 0 Å². The molecule has 0 aromatic heterocycles. The van der Waals surface area contributed by atoms with E-state index in [1.54, 1.807) is 0 Å². The first kappa shape index (κ1) is 29.0. The zero-order valence-electron chi connectivity index (χ0n) is 20.8. The molecule has 6 heteroatoms. The summed E-state index contributed by atoms with van der Waals surface area (Å²) in [4.78, 5) is 14.0. The molecular formula is C28H34Cl2NOSiZr. The molecule has 0 saturated heterocycles. The van der Waals surface area contributed by atoms with Crippen LogP contribution in [-0.4, -0.2) is 11.8 Å². The van der Waals surface area contributed by atoms with Gasteiger partial charge in [0, 0.05) is 0 Å². The van der Waals surface area contributed by atoms with Crippen molar-refractivity contribution in [2.75, 3.05) is 0 Å². The smallest absolute Gasteiger partial charge is 1.00 e. The second-order valence-corrected chi connectivity index (χ2v) is 28.6. The fourth-order valence-corrected chi connectivity index (χ4v) is 20.1. The van der Waals surface area contributed by atoms with Crippen LogP contribution >= 0.6 is 0 Å². The van der Waals surface area contributed by atoms with Gasteiger partial charge in [0.1, 0.15) is 0 Å². The maximum atomic E-state index is 14.0. The maximum Gasteiger partial charge on any atom is -1.00 e. The number of fused-ring (bicyclic) bond motifs is 3. The fourth-order valence-electron chi connectivity index (χ4n) is 5.05. The normalized spacial score (nSPS) is 12.1. The predicted octanol–water partition coefficient (Wildman–Crippen LogP) is 0.958. The Morgan fingerprint density at radius 2 is 1.21 bits per heavy atom. The summed E-state index contributed by atoms with van der Waals surface area (Å²) in [6.07, 6.45) is 0. The average Bonchev–Trinajstić information content (AvgIpc) is 3.10. The van der Waals surface area contributed by atoms with Crippen molar-refractivity contribution in [1.82, 2.24) is 3.26 Å². The van der Waals surface area contributed by atoms with Crippen molar-refractivity contribution in [2.24, 2.45) is 0 Å². The van der Waals surface area contributed by atoms with Crippen molar-refractivity contribution in [3.05, 3.63) is 94.5 Å². The van der Waals surface area contributed by atoms with E-state index < -0.39 is 27.1 Å². The molecule has 2 nitrogen and oxygen atoms in total. The number of hydrogen-bond acceptors (Lipinski definition) is 1. The van der Waals surface area contributed by atoms with Crippen molar-refractivity contribution in [3.8, 4) is 11.1 Å². The van der Waals surface area contributed by atoms with E-state index in [-0.39, 0.29) is 30.7 Å². The molecule has 0 unspecified atom stereocenters. The molecule has 34 heavy (non-hydrogen) atoms. The summed E-state index contributed by atoms with van der Waals surface area (Å²) in [5.41, 5.74) is 8.88. The van der Waals surface area contributed by atoms with Crippen LogP contribution in [0.2, 0.25) is 13.1 Å². The second kappa shape index (κ2) is 12.2. The molecule has 1 amide bonds. The zero-order chi connectivity index (χ0) is 23.0. The van der Waals surface area contributed by atoms with Crippen LogP contribution < -0.4 is 28.1 Å². The maximum absolute atomic E-state index is 14.0. The molecule has 0 bridgehead atoms. The minimum Gasteiger partial charge on any atom is -1.00 e. The molecule has 0 fully saturated rings. The molecule has 0 saturated carbocycles. The third-order valence-electron chi connectivity index (χ3n) is 6.62. The third-order valence-corrected chi connectivity index (χ3v) is 24.2. The van der Waals surface area contributed by atoms with E-state index >= 15 is 0 Å². The first-order valence-electron chi connectivity index (χ1n) is 11.8. The van der Waals surface area contributed by atoms with Gasteiger partial charge >= 0.3 is 203 Å². The van der Waals surface area contributed by atoms with Crippen molar-refractivity contribution >= 4 is 11.8 Å². The Balaban J connectivity index is 0.00000204. The Hall–Kier alpha value is -1.19. The molecule has 1 N–H and O–H groups in total. The largest absolute Gasteiger partial charge is 1.00 e. The van der Waals surface area contributed by atoms with Gasteiger partial charge in [0.15, 0.2) is 0 Å². The Morgan fingerprint density at radius 3 is 1.62 bits per heavy atom. The number of halogens is 2. The Labute approximate surface area is 226 Å². The Kier molecular flexibility index (Phi) is 10.4. The molecule has 0 spiro atoms. The van der Waals surface area contributed by atoms with Crippen LogP contribution in [0.1, 0.15) is 75.8 Å². The summed E-state index contributed by atoms with van der Waals surface area (Å²) < 4.78 is 4.18. The van der Waals surface area contributed by atoms with E-state index in [1.165, 1.54) is 33.4 Å². The van der Waals surface area contributed by atoms with Crippen LogP contribution in [0.3, 0.4) is 0 Å². The standard InChI is InChI=1S/C13H19NO.C13H9.C2H7Si.2ClH.Zr/c1-8(2)10-6-5-7-11(9(3)4)12(10)13(14)15;1-3-7-12-10(5-1)9-11-6-2-4-8-13(11)12;1-3-2;;;/h5-9H,1-4H3,(H2,14,15);1-9H;3H,1-2H3;2*1H;/q;;;;;+3/p-3. The van der Waals surface area contributed by atoms with Gasteiger partial charge in [-0.05, 0) is 0 Å². The number of carbonyl (C=O) groups is 1. The summed E-state index contributed by atoms with van der Waals surface area (Å²) in [6, 6.07) is 24.1. The van der Waals surface area contributed by atoms with Gasteiger partial charge in [0.25, 0.3) is 0 Å². The molecule has 3 aromatic rings. The van der Waals surface area contributed by atoms with Gasteiger partial charge in [-0.15, -0.1) is 0 Å². The summed E-state index contributed by atoms with van der Waals surface area (Å²) in [7, 11) is 0. The minimum absolute atomic E-state index is 0. The van der Waals surface area contributed by atoms with Gasteiger partial charge in [0.2, 0.25) is 0 Å². The number of benzene rings is 3. The van der Waals surface area contributed by atoms with E-state index in [2.05, 4.69) is 111 Å².